The summed E-state index contributed by atoms with van der Waals surface area (Å²) in [7, 11) is 3.84. The lowest BCUT2D eigenvalue weighted by Gasteiger charge is -2.27. The van der Waals surface area contributed by atoms with Gasteiger partial charge in [0.15, 0.2) is 0 Å². The SMILES string of the molecule is C=CC[N+](C)(C)NC(=O)c1ccccc1. The molecule has 3 heteroatoms. The molecule has 80 valence electrons. The van der Waals surface area contributed by atoms with Gasteiger partial charge in [-0.25, -0.2) is 4.59 Å². The molecule has 15 heavy (non-hydrogen) atoms. The number of carbonyl (C=O) groups excluding carboxylic acids is 1. The van der Waals surface area contributed by atoms with Gasteiger partial charge in [0.1, 0.15) is 6.54 Å². The second kappa shape index (κ2) is 4.75. The summed E-state index contributed by atoms with van der Waals surface area (Å²) in [5.41, 5.74) is 3.57. The molecule has 0 atom stereocenters. The van der Waals surface area contributed by atoms with Crippen molar-refractivity contribution in [3.63, 3.8) is 0 Å². The van der Waals surface area contributed by atoms with Crippen molar-refractivity contribution in [2.75, 3.05) is 20.6 Å². The molecule has 0 aliphatic carbocycles. The smallest absolute Gasteiger partial charge is 0.264 e. The minimum atomic E-state index is -0.0672. The molecule has 3 nitrogen and oxygen atoms in total. The predicted octanol–water partition coefficient (Wildman–Crippen LogP) is 1.59. The Hall–Kier alpha value is -1.61. The summed E-state index contributed by atoms with van der Waals surface area (Å²) in [5, 5.41) is 0. The summed E-state index contributed by atoms with van der Waals surface area (Å²) in [5.74, 6) is -0.0672. The third-order valence-corrected chi connectivity index (χ3v) is 2.03. The fourth-order valence-electron chi connectivity index (χ4n) is 1.30. The first kappa shape index (κ1) is 11.5. The number of amides is 1. The van der Waals surface area contributed by atoms with E-state index in [2.05, 4.69) is 12.0 Å². The molecule has 0 saturated heterocycles. The number of benzene rings is 1. The number of hydrogen-bond acceptors (Lipinski definition) is 1. The van der Waals surface area contributed by atoms with Gasteiger partial charge in [-0.05, 0) is 18.2 Å². The van der Waals surface area contributed by atoms with E-state index in [1.54, 1.807) is 18.2 Å². The van der Waals surface area contributed by atoms with Gasteiger partial charge in [0.25, 0.3) is 5.91 Å². The average Bonchev–Trinajstić information content (AvgIpc) is 2.18. The third kappa shape index (κ3) is 3.56. The highest BCUT2D eigenvalue weighted by Crippen LogP contribution is 2.00. The van der Waals surface area contributed by atoms with Crippen molar-refractivity contribution in [1.82, 2.24) is 5.43 Å². The lowest BCUT2D eigenvalue weighted by Crippen LogP contribution is -2.54. The summed E-state index contributed by atoms with van der Waals surface area (Å²) < 4.78 is 0.400. The Morgan fingerprint density at radius 2 is 2.00 bits per heavy atom. The van der Waals surface area contributed by atoms with Crippen LogP contribution in [0.15, 0.2) is 43.0 Å². The molecular formula is C12H17N2O+. The van der Waals surface area contributed by atoms with Crippen LogP contribution in [0.2, 0.25) is 0 Å². The van der Waals surface area contributed by atoms with Gasteiger partial charge < -0.3 is 0 Å². The molecule has 1 rings (SSSR count). The van der Waals surface area contributed by atoms with Crippen molar-refractivity contribution in [3.05, 3.63) is 48.6 Å². The molecule has 1 N–H and O–H groups in total. The van der Waals surface area contributed by atoms with Crippen LogP contribution in [-0.4, -0.2) is 31.1 Å². The van der Waals surface area contributed by atoms with E-state index in [1.165, 1.54) is 0 Å². The molecule has 1 aromatic carbocycles. The standard InChI is InChI=1S/C12H16N2O/c1-4-10-14(2,3)13-12(15)11-8-6-5-7-9-11/h4-9H,1,10H2,2-3H3/p+1. The molecule has 0 heterocycles. The van der Waals surface area contributed by atoms with E-state index in [0.717, 1.165) is 0 Å². The van der Waals surface area contributed by atoms with E-state index in [0.29, 0.717) is 16.7 Å². The van der Waals surface area contributed by atoms with E-state index in [-0.39, 0.29) is 5.91 Å². The number of nitrogens with one attached hydrogen (secondary N) is 1. The van der Waals surface area contributed by atoms with Crippen LogP contribution in [0.1, 0.15) is 10.4 Å². The fraction of sp³-hybridized carbons (Fsp3) is 0.250. The van der Waals surface area contributed by atoms with E-state index in [1.807, 2.05) is 32.3 Å². The Morgan fingerprint density at radius 1 is 1.40 bits per heavy atom. The number of nitrogens with zero attached hydrogens (tertiary/aromatic N) is 1. The van der Waals surface area contributed by atoms with Crippen LogP contribution < -0.4 is 5.43 Å². The lowest BCUT2D eigenvalue weighted by atomic mass is 10.2. The molecule has 1 amide bonds. The Kier molecular flexibility index (Phi) is 3.63. The molecule has 0 aliphatic rings. The van der Waals surface area contributed by atoms with E-state index < -0.39 is 0 Å². The summed E-state index contributed by atoms with van der Waals surface area (Å²) in [6, 6.07) is 9.18. The first-order valence-corrected chi connectivity index (χ1v) is 4.87. The fourth-order valence-corrected chi connectivity index (χ4v) is 1.30. The first-order chi connectivity index (χ1) is 7.05. The highest BCUT2D eigenvalue weighted by atomic mass is 16.2. The number of quaternary nitrogens is 1. The molecule has 0 unspecified atom stereocenters. The van der Waals surface area contributed by atoms with Crippen LogP contribution in [0.3, 0.4) is 0 Å². The number of likely N-dealkylation sites (N-methyl/N-ethyl adjacent to an activating group) is 1. The van der Waals surface area contributed by atoms with Crippen molar-refractivity contribution in [1.29, 1.82) is 0 Å². The zero-order valence-electron chi connectivity index (χ0n) is 9.23. The van der Waals surface area contributed by atoms with Gasteiger partial charge in [0, 0.05) is 5.56 Å². The normalized spacial score (nSPS) is 10.8. The summed E-state index contributed by atoms with van der Waals surface area (Å²) in [6.45, 7) is 4.35. The van der Waals surface area contributed by atoms with Crippen molar-refractivity contribution >= 4 is 5.91 Å². The second-order valence-corrected chi connectivity index (χ2v) is 3.96. The summed E-state index contributed by atoms with van der Waals surface area (Å²) >= 11 is 0. The van der Waals surface area contributed by atoms with Crippen molar-refractivity contribution in [3.8, 4) is 0 Å². The van der Waals surface area contributed by atoms with Crippen LogP contribution in [0, 0.1) is 0 Å². The topological polar surface area (TPSA) is 29.1 Å². The van der Waals surface area contributed by atoms with Crippen molar-refractivity contribution in [2.45, 2.75) is 0 Å². The van der Waals surface area contributed by atoms with E-state index >= 15 is 0 Å². The highest BCUT2D eigenvalue weighted by Gasteiger charge is 2.17. The summed E-state index contributed by atoms with van der Waals surface area (Å²) in [6.07, 6.45) is 1.78. The van der Waals surface area contributed by atoms with Gasteiger partial charge >= 0.3 is 0 Å². The van der Waals surface area contributed by atoms with Gasteiger partial charge in [-0.15, -0.1) is 0 Å². The molecular weight excluding hydrogens is 188 g/mol. The van der Waals surface area contributed by atoms with Crippen molar-refractivity contribution in [2.24, 2.45) is 0 Å². The Balaban J connectivity index is 2.68. The first-order valence-electron chi connectivity index (χ1n) is 4.87. The van der Waals surface area contributed by atoms with Crippen LogP contribution >= 0.6 is 0 Å². The minimum absolute atomic E-state index is 0.0672. The Bertz CT molecular complexity index is 344. The van der Waals surface area contributed by atoms with Gasteiger partial charge in [-0.3, -0.25) is 4.79 Å². The monoisotopic (exact) mass is 205 g/mol. The average molecular weight is 205 g/mol. The second-order valence-electron chi connectivity index (χ2n) is 3.96. The molecule has 0 aliphatic heterocycles. The van der Waals surface area contributed by atoms with Gasteiger partial charge in [-0.2, -0.15) is 5.43 Å². The van der Waals surface area contributed by atoms with E-state index in [4.69, 9.17) is 0 Å². The van der Waals surface area contributed by atoms with Crippen LogP contribution in [0.25, 0.3) is 0 Å². The van der Waals surface area contributed by atoms with Crippen LogP contribution in [0.5, 0.6) is 0 Å². The van der Waals surface area contributed by atoms with Crippen molar-refractivity contribution < 1.29 is 9.39 Å². The molecule has 1 aromatic rings. The maximum atomic E-state index is 11.8. The number of hydrogen-bond donors (Lipinski definition) is 1. The van der Waals surface area contributed by atoms with Gasteiger partial charge in [0.05, 0.1) is 14.1 Å². The molecule has 0 saturated carbocycles. The minimum Gasteiger partial charge on any atom is -0.264 e. The largest absolute Gasteiger partial charge is 0.295 e. The van der Waals surface area contributed by atoms with Crippen LogP contribution in [0.4, 0.5) is 0 Å². The third-order valence-electron chi connectivity index (χ3n) is 2.03. The van der Waals surface area contributed by atoms with Crippen LogP contribution in [-0.2, 0) is 0 Å². The molecule has 0 fully saturated rings. The predicted molar refractivity (Wildman–Crippen MR) is 61.1 cm³/mol. The van der Waals surface area contributed by atoms with E-state index in [9.17, 15) is 4.79 Å². The Labute approximate surface area is 90.6 Å². The highest BCUT2D eigenvalue weighted by molar-refractivity contribution is 5.93. The van der Waals surface area contributed by atoms with Gasteiger partial charge in [-0.1, -0.05) is 24.8 Å². The molecule has 0 spiro atoms. The maximum Gasteiger partial charge on any atom is 0.295 e. The lowest BCUT2D eigenvalue weighted by molar-refractivity contribution is -0.919. The number of rotatable bonds is 4. The maximum absolute atomic E-state index is 11.8. The molecule has 0 radical (unpaired) electrons. The number of carbonyl (C=O) groups is 1. The van der Waals surface area contributed by atoms with Gasteiger partial charge in [0.2, 0.25) is 0 Å². The quantitative estimate of drug-likeness (QED) is 0.451. The molecule has 0 bridgehead atoms. The Morgan fingerprint density at radius 3 is 2.53 bits per heavy atom. The zero-order chi connectivity index (χ0) is 11.3. The summed E-state index contributed by atoms with van der Waals surface area (Å²) in [4.78, 5) is 11.8. The molecule has 0 aromatic heterocycles. The zero-order valence-corrected chi connectivity index (χ0v) is 9.23.